The molecule has 0 aliphatic rings. The van der Waals surface area contributed by atoms with Gasteiger partial charge in [0, 0.05) is 29.8 Å². The molecular weight excluding hydrogens is 286 g/mol. The quantitative estimate of drug-likeness (QED) is 0.546. The van der Waals surface area contributed by atoms with E-state index in [1.807, 2.05) is 0 Å². The molecule has 0 amide bonds. The van der Waals surface area contributed by atoms with Crippen LogP contribution in [0.5, 0.6) is 5.75 Å². The number of nitro groups is 1. The number of methoxy groups -OCH3 is 1. The number of nitrogens with zero attached hydrogens (tertiary/aromatic N) is 1. The second-order valence-electron chi connectivity index (χ2n) is 4.64. The van der Waals surface area contributed by atoms with Gasteiger partial charge < -0.3 is 9.15 Å². The lowest BCUT2D eigenvalue weighted by Crippen LogP contribution is -2.00. The molecule has 22 heavy (non-hydrogen) atoms. The molecule has 0 aliphatic heterocycles. The van der Waals surface area contributed by atoms with Crippen LogP contribution in [0.25, 0.3) is 22.3 Å². The van der Waals surface area contributed by atoms with Gasteiger partial charge in [0.1, 0.15) is 17.1 Å². The van der Waals surface area contributed by atoms with E-state index in [0.717, 1.165) is 0 Å². The third-order valence-electron chi connectivity index (χ3n) is 3.28. The van der Waals surface area contributed by atoms with Crippen molar-refractivity contribution in [1.82, 2.24) is 0 Å². The Morgan fingerprint density at radius 1 is 1.14 bits per heavy atom. The highest BCUT2D eigenvalue weighted by molar-refractivity contribution is 5.80. The molecule has 0 aliphatic carbocycles. The van der Waals surface area contributed by atoms with Crippen LogP contribution in [0.1, 0.15) is 0 Å². The molecule has 3 rings (SSSR count). The van der Waals surface area contributed by atoms with Crippen molar-refractivity contribution in [2.75, 3.05) is 7.11 Å². The minimum absolute atomic E-state index is 0.0640. The standard InChI is InChI=1S/C16H11NO5/c1-21-12-5-6-13-14(18)9-15(22-16(13)8-12)10-3-2-4-11(7-10)17(19)20/h2-9H,1H3. The number of ether oxygens (including phenoxy) is 1. The Bertz CT molecular complexity index is 929. The van der Waals surface area contributed by atoms with E-state index in [9.17, 15) is 14.9 Å². The first-order valence-electron chi connectivity index (χ1n) is 6.45. The van der Waals surface area contributed by atoms with Crippen LogP contribution >= 0.6 is 0 Å². The van der Waals surface area contributed by atoms with Crippen molar-refractivity contribution in [3.8, 4) is 17.1 Å². The van der Waals surface area contributed by atoms with E-state index in [1.165, 1.54) is 25.3 Å². The first kappa shape index (κ1) is 13.8. The molecule has 110 valence electrons. The zero-order chi connectivity index (χ0) is 15.7. The van der Waals surface area contributed by atoms with Crippen LogP contribution in [0.2, 0.25) is 0 Å². The van der Waals surface area contributed by atoms with Gasteiger partial charge in [-0.1, -0.05) is 12.1 Å². The lowest BCUT2D eigenvalue weighted by molar-refractivity contribution is -0.384. The summed E-state index contributed by atoms with van der Waals surface area (Å²) in [6.07, 6.45) is 0. The first-order valence-corrected chi connectivity index (χ1v) is 6.45. The van der Waals surface area contributed by atoms with Gasteiger partial charge in [-0.15, -0.1) is 0 Å². The summed E-state index contributed by atoms with van der Waals surface area (Å²) >= 11 is 0. The predicted molar refractivity (Wildman–Crippen MR) is 81.1 cm³/mol. The zero-order valence-electron chi connectivity index (χ0n) is 11.6. The molecule has 0 N–H and O–H groups in total. The van der Waals surface area contributed by atoms with Gasteiger partial charge in [0.25, 0.3) is 5.69 Å². The fraction of sp³-hybridized carbons (Fsp3) is 0.0625. The Hall–Kier alpha value is -3.15. The van der Waals surface area contributed by atoms with Gasteiger partial charge in [0.15, 0.2) is 5.43 Å². The molecule has 0 fully saturated rings. The highest BCUT2D eigenvalue weighted by Gasteiger charge is 2.11. The van der Waals surface area contributed by atoms with Crippen molar-refractivity contribution in [1.29, 1.82) is 0 Å². The van der Waals surface area contributed by atoms with Gasteiger partial charge in [-0.3, -0.25) is 14.9 Å². The fourth-order valence-electron chi connectivity index (χ4n) is 2.18. The van der Waals surface area contributed by atoms with Crippen LogP contribution in [0.4, 0.5) is 5.69 Å². The minimum Gasteiger partial charge on any atom is -0.497 e. The van der Waals surface area contributed by atoms with Crippen molar-refractivity contribution in [3.63, 3.8) is 0 Å². The number of nitro benzene ring substituents is 1. The molecule has 0 unspecified atom stereocenters. The summed E-state index contributed by atoms with van der Waals surface area (Å²) in [6.45, 7) is 0. The molecule has 0 radical (unpaired) electrons. The van der Waals surface area contributed by atoms with Crippen LogP contribution in [-0.2, 0) is 0 Å². The third kappa shape index (κ3) is 2.42. The van der Waals surface area contributed by atoms with E-state index in [0.29, 0.717) is 22.3 Å². The number of non-ortho nitro benzene ring substituents is 1. The van der Waals surface area contributed by atoms with Gasteiger partial charge in [0.05, 0.1) is 17.4 Å². The Morgan fingerprint density at radius 3 is 2.68 bits per heavy atom. The van der Waals surface area contributed by atoms with Crippen LogP contribution in [0.3, 0.4) is 0 Å². The molecule has 0 saturated carbocycles. The maximum atomic E-state index is 12.2. The van der Waals surface area contributed by atoms with Crippen LogP contribution in [0, 0.1) is 10.1 Å². The SMILES string of the molecule is COc1ccc2c(=O)cc(-c3cccc([N+](=O)[O-])c3)oc2c1. The Labute approximate surface area is 124 Å². The lowest BCUT2D eigenvalue weighted by Gasteiger charge is -2.05. The highest BCUT2D eigenvalue weighted by atomic mass is 16.6. The summed E-state index contributed by atoms with van der Waals surface area (Å²) in [4.78, 5) is 22.5. The van der Waals surface area contributed by atoms with Crippen molar-refractivity contribution in [2.45, 2.75) is 0 Å². The van der Waals surface area contributed by atoms with Crippen molar-refractivity contribution in [3.05, 3.63) is 68.9 Å². The molecule has 6 heteroatoms. The van der Waals surface area contributed by atoms with E-state index in [-0.39, 0.29) is 16.9 Å². The Balaban J connectivity index is 2.21. The summed E-state index contributed by atoms with van der Waals surface area (Å²) in [6, 6.07) is 12.2. The summed E-state index contributed by atoms with van der Waals surface area (Å²) in [7, 11) is 1.52. The summed E-state index contributed by atoms with van der Waals surface area (Å²) < 4.78 is 10.8. The molecular formula is C16H11NO5. The third-order valence-corrected chi connectivity index (χ3v) is 3.28. The molecule has 6 nitrogen and oxygen atoms in total. The summed E-state index contributed by atoms with van der Waals surface area (Å²) in [5, 5.41) is 11.3. The molecule has 1 aromatic heterocycles. The molecule has 3 aromatic rings. The average molecular weight is 297 g/mol. The molecule has 1 heterocycles. The van der Waals surface area contributed by atoms with Gasteiger partial charge in [-0.05, 0) is 12.1 Å². The van der Waals surface area contributed by atoms with Crippen molar-refractivity contribution < 1.29 is 14.1 Å². The van der Waals surface area contributed by atoms with Crippen LogP contribution in [-0.4, -0.2) is 12.0 Å². The van der Waals surface area contributed by atoms with Gasteiger partial charge in [-0.2, -0.15) is 0 Å². The summed E-state index contributed by atoms with van der Waals surface area (Å²) in [5.74, 6) is 0.835. The lowest BCUT2D eigenvalue weighted by atomic mass is 10.1. The number of benzene rings is 2. The number of rotatable bonds is 3. The van der Waals surface area contributed by atoms with Crippen molar-refractivity contribution in [2.24, 2.45) is 0 Å². The minimum atomic E-state index is -0.494. The molecule has 0 saturated heterocycles. The summed E-state index contributed by atoms with van der Waals surface area (Å²) in [5.41, 5.74) is 0.556. The molecule has 0 spiro atoms. The van der Waals surface area contributed by atoms with Crippen LogP contribution in [0.15, 0.2) is 57.7 Å². The van der Waals surface area contributed by atoms with E-state index in [2.05, 4.69) is 0 Å². The normalized spacial score (nSPS) is 10.6. The smallest absolute Gasteiger partial charge is 0.270 e. The van der Waals surface area contributed by atoms with Crippen molar-refractivity contribution >= 4 is 16.7 Å². The average Bonchev–Trinajstić information content (AvgIpc) is 2.54. The van der Waals surface area contributed by atoms with E-state index < -0.39 is 4.92 Å². The zero-order valence-corrected chi connectivity index (χ0v) is 11.6. The molecule has 0 bridgehead atoms. The Kier molecular flexibility index (Phi) is 3.34. The van der Waals surface area contributed by atoms with E-state index >= 15 is 0 Å². The Morgan fingerprint density at radius 2 is 1.95 bits per heavy atom. The predicted octanol–water partition coefficient (Wildman–Crippen LogP) is 3.38. The number of hydrogen-bond acceptors (Lipinski definition) is 5. The highest BCUT2D eigenvalue weighted by Crippen LogP contribution is 2.27. The molecule has 0 atom stereocenters. The van der Waals surface area contributed by atoms with Gasteiger partial charge in [-0.25, -0.2) is 0 Å². The van der Waals surface area contributed by atoms with Gasteiger partial charge in [0.2, 0.25) is 0 Å². The van der Waals surface area contributed by atoms with E-state index in [4.69, 9.17) is 9.15 Å². The molecule has 2 aromatic carbocycles. The second-order valence-corrected chi connectivity index (χ2v) is 4.64. The maximum Gasteiger partial charge on any atom is 0.270 e. The first-order chi connectivity index (χ1) is 10.6. The second kappa shape index (κ2) is 5.33. The monoisotopic (exact) mass is 297 g/mol. The van der Waals surface area contributed by atoms with Crippen LogP contribution < -0.4 is 10.2 Å². The topological polar surface area (TPSA) is 82.6 Å². The number of fused-ring (bicyclic) bond motifs is 1. The fourth-order valence-corrected chi connectivity index (χ4v) is 2.18. The number of hydrogen-bond donors (Lipinski definition) is 0. The van der Waals surface area contributed by atoms with Gasteiger partial charge >= 0.3 is 0 Å². The van der Waals surface area contributed by atoms with E-state index in [1.54, 1.807) is 30.3 Å². The largest absolute Gasteiger partial charge is 0.497 e. The maximum absolute atomic E-state index is 12.2.